The SMILES string of the molecule is COCC(C)Nc1cccnc1N(C)C. The molecule has 1 rings (SSSR count). The number of hydrogen-bond acceptors (Lipinski definition) is 4. The summed E-state index contributed by atoms with van der Waals surface area (Å²) < 4.78 is 5.08. The van der Waals surface area contributed by atoms with Crippen LogP contribution in [0.5, 0.6) is 0 Å². The van der Waals surface area contributed by atoms with Gasteiger partial charge in [0, 0.05) is 33.4 Å². The average Bonchev–Trinajstić information content (AvgIpc) is 2.18. The molecule has 0 fully saturated rings. The minimum atomic E-state index is 0.276. The maximum absolute atomic E-state index is 5.08. The lowest BCUT2D eigenvalue weighted by molar-refractivity contribution is 0.190. The van der Waals surface area contributed by atoms with E-state index in [2.05, 4.69) is 17.2 Å². The van der Waals surface area contributed by atoms with E-state index in [1.807, 2.05) is 31.1 Å². The van der Waals surface area contributed by atoms with Gasteiger partial charge in [0.2, 0.25) is 0 Å². The second kappa shape index (κ2) is 5.56. The molecule has 0 saturated heterocycles. The van der Waals surface area contributed by atoms with E-state index in [4.69, 9.17) is 4.74 Å². The first-order chi connectivity index (χ1) is 7.15. The zero-order valence-corrected chi connectivity index (χ0v) is 9.82. The van der Waals surface area contributed by atoms with Crippen LogP contribution in [0.3, 0.4) is 0 Å². The molecule has 0 aliphatic rings. The number of ether oxygens (including phenoxy) is 1. The number of rotatable bonds is 5. The van der Waals surface area contributed by atoms with Crippen molar-refractivity contribution in [2.45, 2.75) is 13.0 Å². The highest BCUT2D eigenvalue weighted by Gasteiger charge is 2.07. The van der Waals surface area contributed by atoms with Crippen LogP contribution in [0, 0.1) is 0 Å². The first-order valence-electron chi connectivity index (χ1n) is 5.03. The van der Waals surface area contributed by atoms with Crippen molar-refractivity contribution in [1.29, 1.82) is 0 Å². The number of hydrogen-bond donors (Lipinski definition) is 1. The molecule has 1 unspecified atom stereocenters. The van der Waals surface area contributed by atoms with Crippen molar-refractivity contribution in [2.24, 2.45) is 0 Å². The minimum absolute atomic E-state index is 0.276. The molecule has 1 aromatic heterocycles. The fourth-order valence-electron chi connectivity index (χ4n) is 1.42. The van der Waals surface area contributed by atoms with E-state index in [-0.39, 0.29) is 6.04 Å². The Morgan fingerprint density at radius 1 is 1.53 bits per heavy atom. The number of pyridine rings is 1. The van der Waals surface area contributed by atoms with Gasteiger partial charge in [-0.2, -0.15) is 0 Å². The molecule has 1 heterocycles. The van der Waals surface area contributed by atoms with Crippen molar-refractivity contribution in [3.8, 4) is 0 Å². The van der Waals surface area contributed by atoms with E-state index in [1.165, 1.54) is 0 Å². The van der Waals surface area contributed by atoms with Crippen LogP contribution in [0.1, 0.15) is 6.92 Å². The molecule has 0 radical (unpaired) electrons. The van der Waals surface area contributed by atoms with E-state index in [9.17, 15) is 0 Å². The molecule has 1 N–H and O–H groups in total. The summed E-state index contributed by atoms with van der Waals surface area (Å²) in [7, 11) is 5.66. The Morgan fingerprint density at radius 3 is 2.87 bits per heavy atom. The Kier molecular flexibility index (Phi) is 4.37. The van der Waals surface area contributed by atoms with Crippen LogP contribution in [0.4, 0.5) is 11.5 Å². The standard InChI is InChI=1S/C11H19N3O/c1-9(8-15-4)13-10-6-5-7-12-11(10)14(2)3/h5-7,9,13H,8H2,1-4H3. The van der Waals surface area contributed by atoms with Gasteiger partial charge in [-0.05, 0) is 19.1 Å². The molecule has 1 atom stereocenters. The van der Waals surface area contributed by atoms with E-state index in [0.717, 1.165) is 11.5 Å². The fraction of sp³-hybridized carbons (Fsp3) is 0.545. The summed E-state index contributed by atoms with van der Waals surface area (Å²) in [4.78, 5) is 6.30. The molecule has 0 spiro atoms. The Bertz CT molecular complexity index is 302. The van der Waals surface area contributed by atoms with Crippen molar-refractivity contribution in [3.63, 3.8) is 0 Å². The molecule has 84 valence electrons. The second-order valence-corrected chi connectivity index (χ2v) is 3.77. The minimum Gasteiger partial charge on any atom is -0.383 e. The summed E-state index contributed by atoms with van der Waals surface area (Å²) in [5.41, 5.74) is 1.03. The van der Waals surface area contributed by atoms with Gasteiger partial charge in [-0.25, -0.2) is 4.98 Å². The third-order valence-electron chi connectivity index (χ3n) is 2.03. The van der Waals surface area contributed by atoms with Gasteiger partial charge in [0.05, 0.1) is 12.3 Å². The summed E-state index contributed by atoms with van der Waals surface area (Å²) in [5, 5.41) is 3.36. The van der Waals surface area contributed by atoms with Gasteiger partial charge in [-0.3, -0.25) is 0 Å². The lowest BCUT2D eigenvalue weighted by atomic mass is 10.3. The third-order valence-corrected chi connectivity index (χ3v) is 2.03. The molecule has 4 nitrogen and oxygen atoms in total. The van der Waals surface area contributed by atoms with Crippen LogP contribution in [-0.4, -0.2) is 38.8 Å². The van der Waals surface area contributed by atoms with Gasteiger partial charge in [-0.15, -0.1) is 0 Å². The van der Waals surface area contributed by atoms with Gasteiger partial charge in [0.15, 0.2) is 5.82 Å². The summed E-state index contributed by atoms with van der Waals surface area (Å²) in [6, 6.07) is 4.22. The topological polar surface area (TPSA) is 37.4 Å². The van der Waals surface area contributed by atoms with E-state index >= 15 is 0 Å². The van der Waals surface area contributed by atoms with Crippen LogP contribution in [0.2, 0.25) is 0 Å². The van der Waals surface area contributed by atoms with Crippen LogP contribution in [-0.2, 0) is 4.74 Å². The highest BCUT2D eigenvalue weighted by molar-refractivity contribution is 5.64. The van der Waals surface area contributed by atoms with Crippen molar-refractivity contribution >= 4 is 11.5 Å². The lowest BCUT2D eigenvalue weighted by Gasteiger charge is -2.20. The third kappa shape index (κ3) is 3.40. The quantitative estimate of drug-likeness (QED) is 0.799. The second-order valence-electron chi connectivity index (χ2n) is 3.77. The van der Waals surface area contributed by atoms with Crippen molar-refractivity contribution in [3.05, 3.63) is 18.3 Å². The first kappa shape index (κ1) is 11.8. The van der Waals surface area contributed by atoms with Gasteiger partial charge in [-0.1, -0.05) is 0 Å². The van der Waals surface area contributed by atoms with Crippen LogP contribution in [0.15, 0.2) is 18.3 Å². The summed E-state index contributed by atoms with van der Waals surface area (Å²) >= 11 is 0. The Balaban J connectivity index is 2.75. The molecule has 0 aromatic carbocycles. The predicted molar refractivity (Wildman–Crippen MR) is 63.5 cm³/mol. The van der Waals surface area contributed by atoms with Crippen LogP contribution < -0.4 is 10.2 Å². The normalized spacial score (nSPS) is 12.3. The first-order valence-corrected chi connectivity index (χ1v) is 5.03. The van der Waals surface area contributed by atoms with Crippen molar-refractivity contribution in [2.75, 3.05) is 38.0 Å². The molecule has 0 bridgehead atoms. The lowest BCUT2D eigenvalue weighted by Crippen LogP contribution is -2.23. The van der Waals surface area contributed by atoms with Gasteiger partial charge in [0.25, 0.3) is 0 Å². The largest absolute Gasteiger partial charge is 0.383 e. The number of nitrogens with one attached hydrogen (secondary N) is 1. The monoisotopic (exact) mass is 209 g/mol. The fourth-order valence-corrected chi connectivity index (χ4v) is 1.42. The highest BCUT2D eigenvalue weighted by atomic mass is 16.5. The molecule has 4 heteroatoms. The molecule has 0 aliphatic carbocycles. The average molecular weight is 209 g/mol. The van der Waals surface area contributed by atoms with E-state index in [0.29, 0.717) is 6.61 Å². The molecule has 15 heavy (non-hydrogen) atoms. The van der Waals surface area contributed by atoms with Gasteiger partial charge >= 0.3 is 0 Å². The number of methoxy groups -OCH3 is 1. The van der Waals surface area contributed by atoms with Crippen molar-refractivity contribution < 1.29 is 4.74 Å². The Hall–Kier alpha value is -1.29. The maximum Gasteiger partial charge on any atom is 0.151 e. The molecule has 0 saturated carbocycles. The molecular formula is C11H19N3O. The Labute approximate surface area is 91.3 Å². The number of anilines is 2. The smallest absolute Gasteiger partial charge is 0.151 e. The van der Waals surface area contributed by atoms with Crippen LogP contribution in [0.25, 0.3) is 0 Å². The molecule has 0 amide bonds. The maximum atomic E-state index is 5.08. The van der Waals surface area contributed by atoms with E-state index < -0.39 is 0 Å². The molecule has 1 aromatic rings. The van der Waals surface area contributed by atoms with Crippen molar-refractivity contribution in [1.82, 2.24) is 4.98 Å². The summed E-state index contributed by atoms with van der Waals surface area (Å²) in [5.74, 6) is 0.945. The van der Waals surface area contributed by atoms with Gasteiger partial charge < -0.3 is 15.0 Å². The highest BCUT2D eigenvalue weighted by Crippen LogP contribution is 2.20. The zero-order chi connectivity index (χ0) is 11.3. The predicted octanol–water partition coefficient (Wildman–Crippen LogP) is 1.59. The number of aromatic nitrogens is 1. The zero-order valence-electron chi connectivity index (χ0n) is 9.82. The number of nitrogens with zero attached hydrogens (tertiary/aromatic N) is 2. The molecular weight excluding hydrogens is 190 g/mol. The van der Waals surface area contributed by atoms with Crippen LogP contribution >= 0.6 is 0 Å². The summed E-state index contributed by atoms with van der Waals surface area (Å²) in [6.45, 7) is 2.76. The van der Waals surface area contributed by atoms with Gasteiger partial charge in [0.1, 0.15) is 0 Å². The molecule has 0 aliphatic heterocycles. The Morgan fingerprint density at radius 2 is 2.27 bits per heavy atom. The summed E-state index contributed by atoms with van der Waals surface area (Å²) in [6.07, 6.45) is 1.79. The van der Waals surface area contributed by atoms with E-state index in [1.54, 1.807) is 13.3 Å².